The Morgan fingerprint density at radius 2 is 0.913 bits per heavy atom. The van der Waals surface area contributed by atoms with Crippen LogP contribution >= 0.6 is 0 Å². The van der Waals surface area contributed by atoms with Gasteiger partial charge in [-0.05, 0) is 70.6 Å². The van der Waals surface area contributed by atoms with E-state index in [0.29, 0.717) is 12.8 Å². The summed E-state index contributed by atoms with van der Waals surface area (Å²) in [5.74, 6) is -0.675. The highest BCUT2D eigenvalue weighted by molar-refractivity contribution is 5.69. The Kier molecular flexibility index (Phi) is 36.1. The predicted molar refractivity (Wildman–Crippen MR) is 199 cm³/mol. The average Bonchev–Trinajstić information content (AvgIpc) is 3.04. The first kappa shape index (κ1) is 44.2. The van der Waals surface area contributed by atoms with Crippen LogP contribution in [0.5, 0.6) is 0 Å². The Morgan fingerprint density at radius 1 is 0.500 bits per heavy atom. The number of unbranched alkanes of at least 4 members (excludes halogenated alkanes) is 21. The molecule has 0 heterocycles. The zero-order valence-electron chi connectivity index (χ0n) is 30.6. The molecule has 268 valence electrons. The van der Waals surface area contributed by atoms with Gasteiger partial charge in [0.2, 0.25) is 0 Å². The van der Waals surface area contributed by atoms with E-state index >= 15 is 0 Å². The minimum absolute atomic E-state index is 0.0124. The zero-order valence-corrected chi connectivity index (χ0v) is 30.6. The Bertz CT molecular complexity index is 738. The van der Waals surface area contributed by atoms with Crippen LogP contribution in [0.4, 0.5) is 0 Å². The molecule has 0 spiro atoms. The lowest BCUT2D eigenvalue weighted by atomic mass is 10.0. The molecule has 0 aliphatic rings. The summed E-state index contributed by atoms with van der Waals surface area (Å²) in [6.45, 7) is 4.44. The van der Waals surface area contributed by atoms with Gasteiger partial charge < -0.3 is 9.84 Å². The molecule has 1 unspecified atom stereocenters. The number of carbonyl (C=O) groups excluding carboxylic acids is 1. The molecule has 0 saturated carbocycles. The van der Waals surface area contributed by atoms with Crippen LogP contribution < -0.4 is 0 Å². The number of hydrogen-bond acceptors (Lipinski definition) is 3. The fourth-order valence-electron chi connectivity index (χ4n) is 5.96. The third-order valence-corrected chi connectivity index (χ3v) is 8.88. The minimum Gasteiger partial charge on any atom is -0.481 e. The second-order valence-electron chi connectivity index (χ2n) is 13.4. The van der Waals surface area contributed by atoms with Gasteiger partial charge in [0.1, 0.15) is 6.10 Å². The summed E-state index contributed by atoms with van der Waals surface area (Å²) in [4.78, 5) is 23.3. The highest BCUT2D eigenvalue weighted by Crippen LogP contribution is 2.19. The normalized spacial score (nSPS) is 12.6. The van der Waals surface area contributed by atoms with Crippen molar-refractivity contribution in [1.29, 1.82) is 0 Å². The van der Waals surface area contributed by atoms with E-state index in [4.69, 9.17) is 9.84 Å². The first-order valence-corrected chi connectivity index (χ1v) is 20.0. The van der Waals surface area contributed by atoms with E-state index < -0.39 is 5.97 Å². The Morgan fingerprint density at radius 3 is 1.41 bits per heavy atom. The molecule has 4 nitrogen and oxygen atoms in total. The SMILES string of the molecule is CC/C=C\C/C=C\C/C=C\CCCCCCCCCC(=O)OC(CCCCCCCCCCC)CCCCCCCCCC(=O)O. The van der Waals surface area contributed by atoms with Gasteiger partial charge in [0.25, 0.3) is 0 Å². The van der Waals surface area contributed by atoms with E-state index in [1.165, 1.54) is 116 Å². The van der Waals surface area contributed by atoms with Crippen molar-refractivity contribution in [2.45, 2.75) is 219 Å². The van der Waals surface area contributed by atoms with Crippen LogP contribution in [0.1, 0.15) is 213 Å². The molecule has 0 aliphatic heterocycles. The van der Waals surface area contributed by atoms with Crippen LogP contribution in [0.15, 0.2) is 36.5 Å². The summed E-state index contributed by atoms with van der Waals surface area (Å²) in [6.07, 6.45) is 48.8. The number of allylic oxidation sites excluding steroid dienone is 6. The van der Waals surface area contributed by atoms with Gasteiger partial charge in [-0.2, -0.15) is 0 Å². The maximum atomic E-state index is 12.7. The monoisotopic (exact) mass is 645 g/mol. The van der Waals surface area contributed by atoms with Crippen molar-refractivity contribution in [3.05, 3.63) is 36.5 Å². The molecule has 46 heavy (non-hydrogen) atoms. The van der Waals surface area contributed by atoms with E-state index in [9.17, 15) is 9.59 Å². The molecule has 0 radical (unpaired) electrons. The van der Waals surface area contributed by atoms with E-state index in [1.54, 1.807) is 0 Å². The van der Waals surface area contributed by atoms with Gasteiger partial charge in [-0.1, -0.05) is 166 Å². The van der Waals surface area contributed by atoms with E-state index in [0.717, 1.165) is 70.6 Å². The molecule has 4 heteroatoms. The van der Waals surface area contributed by atoms with Gasteiger partial charge in [-0.25, -0.2) is 0 Å². The lowest BCUT2D eigenvalue weighted by Gasteiger charge is -2.18. The Hall–Kier alpha value is -1.84. The number of carboxylic acid groups (broad SMARTS) is 1. The molecule has 0 aromatic carbocycles. The molecule has 0 aromatic heterocycles. The summed E-state index contributed by atoms with van der Waals surface area (Å²) in [7, 11) is 0. The molecule has 1 atom stereocenters. The smallest absolute Gasteiger partial charge is 0.306 e. The van der Waals surface area contributed by atoms with Gasteiger partial charge in [0.15, 0.2) is 0 Å². The molecular weight excluding hydrogens is 568 g/mol. The van der Waals surface area contributed by atoms with Crippen LogP contribution in [0.25, 0.3) is 0 Å². The van der Waals surface area contributed by atoms with Gasteiger partial charge >= 0.3 is 11.9 Å². The second kappa shape index (κ2) is 37.6. The van der Waals surface area contributed by atoms with Gasteiger partial charge in [-0.15, -0.1) is 0 Å². The van der Waals surface area contributed by atoms with Crippen LogP contribution in [0.3, 0.4) is 0 Å². The van der Waals surface area contributed by atoms with Crippen molar-refractivity contribution in [3.8, 4) is 0 Å². The first-order chi connectivity index (χ1) is 22.6. The average molecular weight is 645 g/mol. The molecule has 0 saturated heterocycles. The maximum absolute atomic E-state index is 12.7. The number of rotatable bonds is 36. The first-order valence-electron chi connectivity index (χ1n) is 20.0. The van der Waals surface area contributed by atoms with Crippen molar-refractivity contribution in [1.82, 2.24) is 0 Å². The fourth-order valence-corrected chi connectivity index (χ4v) is 5.96. The third kappa shape index (κ3) is 36.6. The van der Waals surface area contributed by atoms with E-state index in [1.807, 2.05) is 0 Å². The molecule has 0 amide bonds. The van der Waals surface area contributed by atoms with Crippen molar-refractivity contribution < 1.29 is 19.4 Å². The molecule has 0 bridgehead atoms. The quantitative estimate of drug-likeness (QED) is 0.0419. The lowest BCUT2D eigenvalue weighted by molar-refractivity contribution is -0.150. The maximum Gasteiger partial charge on any atom is 0.306 e. The van der Waals surface area contributed by atoms with E-state index in [-0.39, 0.29) is 12.1 Å². The number of esters is 1. The summed E-state index contributed by atoms with van der Waals surface area (Å²) >= 11 is 0. The second-order valence-corrected chi connectivity index (χ2v) is 13.4. The van der Waals surface area contributed by atoms with Crippen molar-refractivity contribution >= 4 is 11.9 Å². The zero-order chi connectivity index (χ0) is 33.6. The van der Waals surface area contributed by atoms with Gasteiger partial charge in [0.05, 0.1) is 0 Å². The standard InChI is InChI=1S/C42H76O4/c1-3-5-7-9-11-13-14-15-16-17-18-19-20-22-27-31-35-39-42(45)46-40(36-32-28-24-21-12-10-8-6-4-2)37-33-29-25-23-26-30-34-38-41(43)44/h5,7,11,13,15-16,40H,3-4,6,8-10,12,14,17-39H2,1-2H3,(H,43,44)/b7-5-,13-11-,16-15-. The van der Waals surface area contributed by atoms with Gasteiger partial charge in [-0.3, -0.25) is 9.59 Å². The topological polar surface area (TPSA) is 63.6 Å². The number of carboxylic acids is 1. The number of ether oxygens (including phenoxy) is 1. The number of hydrogen-bond donors (Lipinski definition) is 1. The Balaban J connectivity index is 4.03. The molecule has 0 aromatic rings. The van der Waals surface area contributed by atoms with Crippen molar-refractivity contribution in [2.24, 2.45) is 0 Å². The molecule has 1 N–H and O–H groups in total. The molecule has 0 rings (SSSR count). The van der Waals surface area contributed by atoms with Crippen molar-refractivity contribution in [3.63, 3.8) is 0 Å². The molecular formula is C42H76O4. The highest BCUT2D eigenvalue weighted by atomic mass is 16.5. The van der Waals surface area contributed by atoms with Gasteiger partial charge in [0, 0.05) is 12.8 Å². The van der Waals surface area contributed by atoms with Crippen LogP contribution in [-0.2, 0) is 14.3 Å². The summed E-state index contributed by atoms with van der Waals surface area (Å²) in [5, 5.41) is 8.76. The number of aliphatic carboxylic acids is 1. The molecule has 0 fully saturated rings. The summed E-state index contributed by atoms with van der Waals surface area (Å²) in [6, 6.07) is 0. The van der Waals surface area contributed by atoms with Crippen LogP contribution in [0.2, 0.25) is 0 Å². The third-order valence-electron chi connectivity index (χ3n) is 8.88. The predicted octanol–water partition coefficient (Wildman–Crippen LogP) is 13.8. The highest BCUT2D eigenvalue weighted by Gasteiger charge is 2.14. The Labute approximate surface area is 286 Å². The summed E-state index contributed by atoms with van der Waals surface area (Å²) in [5.41, 5.74) is 0. The number of carbonyl (C=O) groups is 2. The van der Waals surface area contributed by atoms with Crippen molar-refractivity contribution in [2.75, 3.05) is 0 Å². The minimum atomic E-state index is -0.687. The largest absolute Gasteiger partial charge is 0.481 e. The van der Waals surface area contributed by atoms with E-state index in [2.05, 4.69) is 50.3 Å². The van der Waals surface area contributed by atoms with Crippen LogP contribution in [0, 0.1) is 0 Å². The fraction of sp³-hybridized carbons (Fsp3) is 0.810. The molecule has 0 aliphatic carbocycles. The lowest BCUT2D eigenvalue weighted by Crippen LogP contribution is -2.18. The van der Waals surface area contributed by atoms with Crippen LogP contribution in [-0.4, -0.2) is 23.1 Å². The summed E-state index contributed by atoms with van der Waals surface area (Å²) < 4.78 is 6.03.